The van der Waals surface area contributed by atoms with Gasteiger partial charge in [0.25, 0.3) is 5.91 Å². The van der Waals surface area contributed by atoms with Gasteiger partial charge in [-0.1, -0.05) is 27.5 Å². The number of phenols is 1. The van der Waals surface area contributed by atoms with E-state index < -0.39 is 12.0 Å². The van der Waals surface area contributed by atoms with Crippen molar-refractivity contribution >= 4 is 39.7 Å². The molecule has 0 spiro atoms. The predicted molar refractivity (Wildman–Crippen MR) is 93.1 cm³/mol. The number of hydrogen-bond acceptors (Lipinski definition) is 4. The topological polar surface area (TPSA) is 70.9 Å². The molecule has 0 fully saturated rings. The average Bonchev–Trinajstić information content (AvgIpc) is 2.52. The quantitative estimate of drug-likeness (QED) is 0.596. The van der Waals surface area contributed by atoms with Crippen LogP contribution in [-0.4, -0.2) is 23.3 Å². The summed E-state index contributed by atoms with van der Waals surface area (Å²) in [6.07, 6.45) is 0.622. The van der Waals surface area contributed by atoms with E-state index >= 15 is 0 Å². The first kappa shape index (κ1) is 17.3. The van der Waals surface area contributed by atoms with Crippen molar-refractivity contribution in [2.75, 3.05) is 0 Å². The summed E-state index contributed by atoms with van der Waals surface area (Å²) in [5.41, 5.74) is 2.84. The zero-order chi connectivity index (χ0) is 16.8. The summed E-state index contributed by atoms with van der Waals surface area (Å²) < 4.78 is 6.27. The number of carbonyl (C=O) groups excluding carboxylic acids is 1. The van der Waals surface area contributed by atoms with Crippen molar-refractivity contribution in [3.05, 3.63) is 57.5 Å². The molecular formula is C16H14BrClN2O3. The minimum Gasteiger partial charge on any atom is -0.507 e. The van der Waals surface area contributed by atoms with Crippen LogP contribution in [0.4, 0.5) is 0 Å². The Morgan fingerprint density at radius 1 is 1.35 bits per heavy atom. The number of benzene rings is 2. The number of amides is 1. The highest BCUT2D eigenvalue weighted by Gasteiger charge is 2.13. The van der Waals surface area contributed by atoms with Crippen LogP contribution in [0.3, 0.4) is 0 Å². The Morgan fingerprint density at radius 2 is 2.04 bits per heavy atom. The van der Waals surface area contributed by atoms with E-state index in [9.17, 15) is 9.90 Å². The molecule has 0 aliphatic heterocycles. The van der Waals surface area contributed by atoms with E-state index in [1.807, 2.05) is 0 Å². The summed E-state index contributed by atoms with van der Waals surface area (Å²) in [6, 6.07) is 11.6. The molecule has 1 amide bonds. The Kier molecular flexibility index (Phi) is 6.01. The third-order valence-electron chi connectivity index (χ3n) is 2.86. The van der Waals surface area contributed by atoms with Gasteiger partial charge in [-0.25, -0.2) is 5.43 Å². The van der Waals surface area contributed by atoms with Crippen molar-refractivity contribution in [3.8, 4) is 11.5 Å². The molecular weight excluding hydrogens is 384 g/mol. The summed E-state index contributed by atoms with van der Waals surface area (Å²) in [5, 5.41) is 14.1. The Bertz CT molecular complexity index is 720. The van der Waals surface area contributed by atoms with E-state index in [2.05, 4.69) is 26.5 Å². The van der Waals surface area contributed by atoms with Gasteiger partial charge in [-0.05, 0) is 49.4 Å². The van der Waals surface area contributed by atoms with Crippen molar-refractivity contribution in [1.82, 2.24) is 5.43 Å². The van der Waals surface area contributed by atoms with Crippen LogP contribution in [0.25, 0.3) is 0 Å². The number of rotatable bonds is 5. The Hall–Kier alpha value is -2.05. The SMILES string of the molecule is CC(Oc1ccc(Cl)cc1)C(=O)NN=Cc1cc(Br)ccc1O. The maximum atomic E-state index is 11.9. The summed E-state index contributed by atoms with van der Waals surface area (Å²) in [7, 11) is 0. The lowest BCUT2D eigenvalue weighted by Gasteiger charge is -2.12. The van der Waals surface area contributed by atoms with Crippen LogP contribution in [0.15, 0.2) is 52.0 Å². The van der Waals surface area contributed by atoms with Gasteiger partial charge in [0.2, 0.25) is 0 Å². The molecule has 0 saturated carbocycles. The molecule has 0 heterocycles. The molecule has 5 nitrogen and oxygen atoms in total. The second kappa shape index (κ2) is 7.99. The first-order chi connectivity index (χ1) is 11.0. The predicted octanol–water partition coefficient (Wildman–Crippen LogP) is 3.73. The fourth-order valence-electron chi connectivity index (χ4n) is 1.66. The first-order valence-electron chi connectivity index (χ1n) is 6.69. The molecule has 2 N–H and O–H groups in total. The number of halogens is 2. The van der Waals surface area contributed by atoms with Crippen LogP contribution in [-0.2, 0) is 4.79 Å². The molecule has 0 saturated heterocycles. The zero-order valence-electron chi connectivity index (χ0n) is 12.2. The Balaban J connectivity index is 1.92. The van der Waals surface area contributed by atoms with E-state index in [4.69, 9.17) is 16.3 Å². The molecule has 7 heteroatoms. The van der Waals surface area contributed by atoms with E-state index in [-0.39, 0.29) is 5.75 Å². The highest BCUT2D eigenvalue weighted by Crippen LogP contribution is 2.20. The maximum absolute atomic E-state index is 11.9. The Morgan fingerprint density at radius 3 is 2.74 bits per heavy atom. The van der Waals surface area contributed by atoms with Gasteiger partial charge in [0, 0.05) is 15.1 Å². The van der Waals surface area contributed by atoms with E-state index in [1.165, 1.54) is 12.3 Å². The summed E-state index contributed by atoms with van der Waals surface area (Å²) >= 11 is 9.08. The molecule has 0 bridgehead atoms. The van der Waals surface area contributed by atoms with Crippen LogP contribution in [0.2, 0.25) is 5.02 Å². The molecule has 0 aromatic heterocycles. The fraction of sp³-hybridized carbons (Fsp3) is 0.125. The molecule has 23 heavy (non-hydrogen) atoms. The van der Waals surface area contributed by atoms with E-state index in [0.717, 1.165) is 4.47 Å². The van der Waals surface area contributed by atoms with Gasteiger partial charge >= 0.3 is 0 Å². The highest BCUT2D eigenvalue weighted by molar-refractivity contribution is 9.10. The minimum atomic E-state index is -0.732. The number of hydrogen-bond donors (Lipinski definition) is 2. The lowest BCUT2D eigenvalue weighted by atomic mass is 10.2. The molecule has 1 atom stereocenters. The van der Waals surface area contributed by atoms with Crippen LogP contribution >= 0.6 is 27.5 Å². The van der Waals surface area contributed by atoms with E-state index in [0.29, 0.717) is 16.3 Å². The van der Waals surface area contributed by atoms with Gasteiger partial charge in [0.15, 0.2) is 6.10 Å². The summed E-state index contributed by atoms with van der Waals surface area (Å²) in [5.74, 6) is 0.188. The smallest absolute Gasteiger partial charge is 0.280 e. The first-order valence-corrected chi connectivity index (χ1v) is 7.86. The molecule has 2 aromatic carbocycles. The van der Waals surface area contributed by atoms with Gasteiger partial charge in [0.05, 0.1) is 6.21 Å². The third-order valence-corrected chi connectivity index (χ3v) is 3.61. The molecule has 0 radical (unpaired) electrons. The number of phenolic OH excluding ortho intramolecular Hbond substituents is 1. The van der Waals surface area contributed by atoms with E-state index in [1.54, 1.807) is 43.3 Å². The molecule has 2 rings (SSSR count). The number of nitrogens with zero attached hydrogens (tertiary/aromatic N) is 1. The lowest BCUT2D eigenvalue weighted by Crippen LogP contribution is -2.33. The number of nitrogens with one attached hydrogen (secondary N) is 1. The highest BCUT2D eigenvalue weighted by atomic mass is 79.9. The molecule has 0 aliphatic rings. The largest absolute Gasteiger partial charge is 0.507 e. The number of carbonyl (C=O) groups is 1. The average molecular weight is 398 g/mol. The van der Waals surface area contributed by atoms with Crippen molar-refractivity contribution < 1.29 is 14.6 Å². The number of aromatic hydroxyl groups is 1. The Labute approximate surface area is 147 Å². The maximum Gasteiger partial charge on any atom is 0.280 e. The second-order valence-electron chi connectivity index (χ2n) is 4.65. The van der Waals surface area contributed by atoms with Crippen molar-refractivity contribution in [3.63, 3.8) is 0 Å². The molecule has 120 valence electrons. The van der Waals surface area contributed by atoms with Crippen LogP contribution < -0.4 is 10.2 Å². The van der Waals surface area contributed by atoms with Crippen LogP contribution in [0.5, 0.6) is 11.5 Å². The summed E-state index contributed by atoms with van der Waals surface area (Å²) in [6.45, 7) is 1.61. The van der Waals surface area contributed by atoms with Gasteiger partial charge in [-0.2, -0.15) is 5.10 Å². The second-order valence-corrected chi connectivity index (χ2v) is 6.00. The van der Waals surface area contributed by atoms with Crippen LogP contribution in [0.1, 0.15) is 12.5 Å². The molecule has 2 aromatic rings. The van der Waals surface area contributed by atoms with Gasteiger partial charge in [-0.15, -0.1) is 0 Å². The monoisotopic (exact) mass is 396 g/mol. The van der Waals surface area contributed by atoms with Gasteiger partial charge in [-0.3, -0.25) is 4.79 Å². The fourth-order valence-corrected chi connectivity index (χ4v) is 2.16. The standard InChI is InChI=1S/C16H14BrClN2O3/c1-10(23-14-5-3-13(18)4-6-14)16(22)20-19-9-11-8-12(17)2-7-15(11)21/h2-10,21H,1H3,(H,20,22). The van der Waals surface area contributed by atoms with Gasteiger partial charge < -0.3 is 9.84 Å². The zero-order valence-corrected chi connectivity index (χ0v) is 14.5. The minimum absolute atomic E-state index is 0.0664. The molecule has 1 unspecified atom stereocenters. The van der Waals surface area contributed by atoms with Crippen molar-refractivity contribution in [2.45, 2.75) is 13.0 Å². The van der Waals surface area contributed by atoms with Crippen LogP contribution in [0, 0.1) is 0 Å². The van der Waals surface area contributed by atoms with Crippen molar-refractivity contribution in [1.29, 1.82) is 0 Å². The van der Waals surface area contributed by atoms with Gasteiger partial charge in [0.1, 0.15) is 11.5 Å². The normalized spacial score (nSPS) is 12.1. The molecule has 0 aliphatic carbocycles. The number of hydrazone groups is 1. The lowest BCUT2D eigenvalue weighted by molar-refractivity contribution is -0.127. The van der Waals surface area contributed by atoms with Crippen molar-refractivity contribution in [2.24, 2.45) is 5.10 Å². The third kappa shape index (κ3) is 5.26. The number of ether oxygens (including phenoxy) is 1. The summed E-state index contributed by atoms with van der Waals surface area (Å²) in [4.78, 5) is 11.9.